The molecule has 0 saturated carbocycles. The fourth-order valence-corrected chi connectivity index (χ4v) is 2.00. The van der Waals surface area contributed by atoms with Gasteiger partial charge in [-0.15, -0.1) is 5.10 Å². The third-order valence-corrected chi connectivity index (χ3v) is 2.76. The van der Waals surface area contributed by atoms with Gasteiger partial charge in [0.05, 0.1) is 17.1 Å². The van der Waals surface area contributed by atoms with Crippen molar-refractivity contribution in [2.75, 3.05) is 20.6 Å². The van der Waals surface area contributed by atoms with Crippen LogP contribution in [0.4, 0.5) is 0 Å². The van der Waals surface area contributed by atoms with Gasteiger partial charge in [0.25, 0.3) is 0 Å². The number of carboxylic acid groups (broad SMARTS) is 1. The van der Waals surface area contributed by atoms with E-state index in [2.05, 4.69) is 15.2 Å². The summed E-state index contributed by atoms with van der Waals surface area (Å²) < 4.78 is 1.77. The van der Waals surface area contributed by atoms with E-state index in [0.29, 0.717) is 5.52 Å². The Bertz CT molecular complexity index is 576. The van der Waals surface area contributed by atoms with Crippen LogP contribution in [0.25, 0.3) is 11.0 Å². The number of aromatic nitrogens is 3. The standard InChI is InChI=1S/C12H16N4O2/c1-8(7-15(2)3)16-11-6-9(12(17)18)4-5-10(11)13-14-16/h4-6,8H,7H2,1-3H3,(H,17,18). The van der Waals surface area contributed by atoms with E-state index in [-0.39, 0.29) is 11.6 Å². The highest BCUT2D eigenvalue weighted by Crippen LogP contribution is 2.17. The molecule has 2 rings (SSSR count). The average Bonchev–Trinajstić information content (AvgIpc) is 2.70. The Morgan fingerprint density at radius 1 is 1.50 bits per heavy atom. The maximum Gasteiger partial charge on any atom is 0.335 e. The molecule has 1 aromatic carbocycles. The van der Waals surface area contributed by atoms with Crippen molar-refractivity contribution in [3.8, 4) is 0 Å². The summed E-state index contributed by atoms with van der Waals surface area (Å²) in [7, 11) is 3.97. The van der Waals surface area contributed by atoms with E-state index >= 15 is 0 Å². The van der Waals surface area contributed by atoms with Crippen molar-refractivity contribution in [1.29, 1.82) is 0 Å². The topological polar surface area (TPSA) is 71.2 Å². The lowest BCUT2D eigenvalue weighted by Crippen LogP contribution is -2.23. The highest BCUT2D eigenvalue weighted by atomic mass is 16.4. The molecule has 0 amide bonds. The molecular weight excluding hydrogens is 232 g/mol. The SMILES string of the molecule is CC(CN(C)C)n1nnc2ccc(C(=O)O)cc21. The number of hydrogen-bond acceptors (Lipinski definition) is 4. The molecule has 0 bridgehead atoms. The summed E-state index contributed by atoms with van der Waals surface area (Å²) in [5, 5.41) is 17.1. The molecule has 96 valence electrons. The molecule has 1 heterocycles. The van der Waals surface area contributed by atoms with E-state index in [1.165, 1.54) is 0 Å². The van der Waals surface area contributed by atoms with Crippen molar-refractivity contribution in [2.24, 2.45) is 0 Å². The van der Waals surface area contributed by atoms with Crippen LogP contribution in [-0.4, -0.2) is 51.6 Å². The number of hydrogen-bond donors (Lipinski definition) is 1. The molecule has 18 heavy (non-hydrogen) atoms. The van der Waals surface area contributed by atoms with E-state index < -0.39 is 5.97 Å². The van der Waals surface area contributed by atoms with Crippen molar-refractivity contribution in [3.63, 3.8) is 0 Å². The van der Waals surface area contributed by atoms with Crippen LogP contribution in [0.1, 0.15) is 23.3 Å². The first-order chi connectivity index (χ1) is 8.49. The molecule has 0 spiro atoms. The average molecular weight is 248 g/mol. The van der Waals surface area contributed by atoms with Gasteiger partial charge in [0.15, 0.2) is 0 Å². The van der Waals surface area contributed by atoms with Crippen molar-refractivity contribution >= 4 is 17.0 Å². The van der Waals surface area contributed by atoms with Crippen LogP contribution in [0.15, 0.2) is 18.2 Å². The minimum absolute atomic E-state index is 0.133. The lowest BCUT2D eigenvalue weighted by molar-refractivity contribution is 0.0697. The van der Waals surface area contributed by atoms with Crippen LogP contribution in [0.3, 0.4) is 0 Å². The Hall–Kier alpha value is -1.95. The number of carboxylic acids is 1. The molecular formula is C12H16N4O2. The number of benzene rings is 1. The Morgan fingerprint density at radius 3 is 2.83 bits per heavy atom. The van der Waals surface area contributed by atoms with E-state index in [1.54, 1.807) is 22.9 Å². The number of rotatable bonds is 4. The van der Waals surface area contributed by atoms with Crippen molar-refractivity contribution < 1.29 is 9.90 Å². The Kier molecular flexibility index (Phi) is 3.29. The summed E-state index contributed by atoms with van der Waals surface area (Å²) in [6.45, 7) is 2.84. The fraction of sp³-hybridized carbons (Fsp3) is 0.417. The number of fused-ring (bicyclic) bond motifs is 1. The maximum absolute atomic E-state index is 11.0. The van der Waals surface area contributed by atoms with Gasteiger partial charge in [-0.1, -0.05) is 5.21 Å². The van der Waals surface area contributed by atoms with Gasteiger partial charge in [0, 0.05) is 6.54 Å². The number of likely N-dealkylation sites (N-methyl/N-ethyl adjacent to an activating group) is 1. The van der Waals surface area contributed by atoms with Crippen molar-refractivity contribution in [3.05, 3.63) is 23.8 Å². The molecule has 0 aliphatic rings. The Morgan fingerprint density at radius 2 is 2.22 bits per heavy atom. The molecule has 1 aromatic heterocycles. The fourth-order valence-electron chi connectivity index (χ4n) is 2.00. The second-order valence-electron chi connectivity index (χ2n) is 4.65. The van der Waals surface area contributed by atoms with Crippen LogP contribution in [0, 0.1) is 0 Å². The third-order valence-electron chi connectivity index (χ3n) is 2.76. The number of nitrogens with zero attached hydrogens (tertiary/aromatic N) is 4. The van der Waals surface area contributed by atoms with Gasteiger partial charge >= 0.3 is 5.97 Å². The Balaban J connectivity index is 2.45. The summed E-state index contributed by atoms with van der Waals surface area (Å²) in [6, 6.07) is 4.98. The zero-order chi connectivity index (χ0) is 13.3. The molecule has 1 unspecified atom stereocenters. The third kappa shape index (κ3) is 2.33. The minimum atomic E-state index is -0.940. The van der Waals surface area contributed by atoms with Gasteiger partial charge in [-0.2, -0.15) is 0 Å². The molecule has 0 fully saturated rings. The van der Waals surface area contributed by atoms with Crippen molar-refractivity contribution in [1.82, 2.24) is 19.9 Å². The Labute approximate surface area is 105 Å². The summed E-state index contributed by atoms with van der Waals surface area (Å²) in [5.41, 5.74) is 1.72. The first-order valence-electron chi connectivity index (χ1n) is 5.72. The summed E-state index contributed by atoms with van der Waals surface area (Å²) in [4.78, 5) is 13.0. The molecule has 1 atom stereocenters. The van der Waals surface area contributed by atoms with E-state index in [0.717, 1.165) is 12.1 Å². The van der Waals surface area contributed by atoms with Gasteiger partial charge in [0.1, 0.15) is 5.52 Å². The maximum atomic E-state index is 11.0. The monoisotopic (exact) mass is 248 g/mol. The van der Waals surface area contributed by atoms with E-state index in [4.69, 9.17) is 5.11 Å². The summed E-state index contributed by atoms with van der Waals surface area (Å²) >= 11 is 0. The van der Waals surface area contributed by atoms with E-state index in [1.807, 2.05) is 21.0 Å². The van der Waals surface area contributed by atoms with Gasteiger partial charge in [-0.3, -0.25) is 0 Å². The number of aromatic carboxylic acids is 1. The largest absolute Gasteiger partial charge is 0.478 e. The lowest BCUT2D eigenvalue weighted by Gasteiger charge is -2.17. The molecule has 0 radical (unpaired) electrons. The summed E-state index contributed by atoms with van der Waals surface area (Å²) in [6.07, 6.45) is 0. The smallest absolute Gasteiger partial charge is 0.335 e. The van der Waals surface area contributed by atoms with Gasteiger partial charge < -0.3 is 10.0 Å². The zero-order valence-corrected chi connectivity index (χ0v) is 10.7. The molecule has 1 N–H and O–H groups in total. The summed E-state index contributed by atoms with van der Waals surface area (Å²) in [5.74, 6) is -0.940. The first kappa shape index (κ1) is 12.5. The molecule has 0 saturated heterocycles. The number of carbonyl (C=O) groups is 1. The molecule has 6 nitrogen and oxygen atoms in total. The highest BCUT2D eigenvalue weighted by molar-refractivity contribution is 5.92. The van der Waals surface area contributed by atoms with E-state index in [9.17, 15) is 4.79 Å². The first-order valence-corrected chi connectivity index (χ1v) is 5.72. The lowest BCUT2D eigenvalue weighted by atomic mass is 10.2. The molecule has 0 aliphatic heterocycles. The van der Waals surface area contributed by atoms with Gasteiger partial charge in [-0.25, -0.2) is 9.48 Å². The predicted octanol–water partition coefficient (Wildman–Crippen LogP) is 1.25. The zero-order valence-electron chi connectivity index (χ0n) is 10.7. The van der Waals surface area contributed by atoms with Crippen LogP contribution in [-0.2, 0) is 0 Å². The molecule has 0 aliphatic carbocycles. The second kappa shape index (κ2) is 4.73. The molecule has 6 heteroatoms. The van der Waals surface area contributed by atoms with Gasteiger partial charge in [0.2, 0.25) is 0 Å². The van der Waals surface area contributed by atoms with Gasteiger partial charge in [-0.05, 0) is 39.2 Å². The molecule has 2 aromatic rings. The second-order valence-corrected chi connectivity index (χ2v) is 4.65. The van der Waals surface area contributed by atoms with Crippen LogP contribution >= 0.6 is 0 Å². The normalized spacial score (nSPS) is 13.1. The van der Waals surface area contributed by atoms with Crippen molar-refractivity contribution in [2.45, 2.75) is 13.0 Å². The minimum Gasteiger partial charge on any atom is -0.478 e. The van der Waals surface area contributed by atoms with Crippen LogP contribution < -0.4 is 0 Å². The van der Waals surface area contributed by atoms with Crippen LogP contribution in [0.2, 0.25) is 0 Å². The van der Waals surface area contributed by atoms with Crippen LogP contribution in [0.5, 0.6) is 0 Å². The predicted molar refractivity (Wildman–Crippen MR) is 67.8 cm³/mol. The highest BCUT2D eigenvalue weighted by Gasteiger charge is 2.14. The quantitative estimate of drug-likeness (QED) is 0.881.